The molecule has 26 heteroatoms. The first-order valence-corrected chi connectivity index (χ1v) is 30.6. The quantitative estimate of drug-likeness (QED) is 0.0822. The van der Waals surface area contributed by atoms with E-state index in [1.54, 1.807) is 78.0 Å². The van der Waals surface area contributed by atoms with E-state index in [1.807, 2.05) is 13.8 Å². The van der Waals surface area contributed by atoms with Crippen LogP contribution in [0.25, 0.3) is 17.5 Å². The highest BCUT2D eigenvalue weighted by Gasteiger charge is 2.50. The van der Waals surface area contributed by atoms with E-state index >= 15 is 0 Å². The number of carbonyl (C=O) groups excluding carboxylic acids is 6. The number of aryl methyl sites for hydroxylation is 4. The molecule has 10 rings (SSSR count). The normalized spacial score (nSPS) is 20.5. The van der Waals surface area contributed by atoms with Gasteiger partial charge < -0.3 is 10.6 Å². The van der Waals surface area contributed by atoms with Crippen molar-refractivity contribution in [2.45, 2.75) is 111 Å². The van der Waals surface area contributed by atoms with Crippen molar-refractivity contribution in [1.82, 2.24) is 29.9 Å². The van der Waals surface area contributed by atoms with Gasteiger partial charge in [0.2, 0.25) is 31.9 Å². The van der Waals surface area contributed by atoms with Crippen molar-refractivity contribution in [2.24, 2.45) is 10.8 Å². The highest BCUT2D eigenvalue weighted by molar-refractivity contribution is 7.92. The van der Waals surface area contributed by atoms with Crippen LogP contribution < -0.4 is 31.1 Å². The van der Waals surface area contributed by atoms with Gasteiger partial charge in [0.25, 0.3) is 11.8 Å². The molecule has 0 radical (unpaired) electrons. The summed E-state index contributed by atoms with van der Waals surface area (Å²) in [6.45, 7) is 14.1. The molecule has 4 aromatic rings. The van der Waals surface area contributed by atoms with Gasteiger partial charge in [0.15, 0.2) is 0 Å². The van der Waals surface area contributed by atoms with Gasteiger partial charge in [-0.3, -0.25) is 39.6 Å². The second-order valence-electron chi connectivity index (χ2n) is 23.6. The van der Waals surface area contributed by atoms with Gasteiger partial charge in [-0.25, -0.2) is 30.7 Å². The Kier molecular flexibility index (Phi) is 16.2. The van der Waals surface area contributed by atoms with Gasteiger partial charge in [-0.1, -0.05) is 24.3 Å². The Bertz CT molecular complexity index is 3810. The first-order chi connectivity index (χ1) is 39.9. The molecule has 0 atom stereocenters. The minimum Gasteiger partial charge on any atom is -0.325 e. The van der Waals surface area contributed by atoms with E-state index in [0.717, 1.165) is 46.4 Å². The maximum atomic E-state index is 13.3. The summed E-state index contributed by atoms with van der Waals surface area (Å²) in [4.78, 5) is 77.9. The first kappa shape index (κ1) is 62.8. The molecular weight excluding hydrogens is 1170 g/mol. The lowest BCUT2D eigenvalue weighted by Gasteiger charge is -2.35. The van der Waals surface area contributed by atoms with Gasteiger partial charge >= 0.3 is 24.4 Å². The van der Waals surface area contributed by atoms with Crippen LogP contribution in [-0.2, 0) is 58.0 Å². The fourth-order valence-electron chi connectivity index (χ4n) is 12.0. The Balaban J connectivity index is 0.000000205. The summed E-state index contributed by atoms with van der Waals surface area (Å²) in [5, 5.41) is 11.1. The molecule has 86 heavy (non-hydrogen) atoms. The third-order valence-corrected chi connectivity index (χ3v) is 20.5. The highest BCUT2D eigenvalue weighted by atomic mass is 32.2. The zero-order chi connectivity index (χ0) is 63.1. The lowest BCUT2D eigenvalue weighted by molar-refractivity contribution is -0.138. The Morgan fingerprint density at radius 2 is 0.907 bits per heavy atom. The van der Waals surface area contributed by atoms with Crippen molar-refractivity contribution in [2.75, 3.05) is 41.7 Å². The lowest BCUT2D eigenvalue weighted by atomic mass is 9.79. The number of carbonyl (C=O) groups is 6. The minimum absolute atomic E-state index is 0.0521. The number of halogens is 6. The van der Waals surface area contributed by atoms with Crippen LogP contribution in [0.2, 0.25) is 0 Å². The molecule has 2 spiro atoms. The number of sulfonamides is 2. The predicted molar refractivity (Wildman–Crippen MR) is 309 cm³/mol. The number of imide groups is 2. The Labute approximate surface area is 493 Å². The van der Waals surface area contributed by atoms with Crippen LogP contribution in [0.5, 0.6) is 0 Å². The molecule has 8 amide bonds. The van der Waals surface area contributed by atoms with E-state index in [-0.39, 0.29) is 92.7 Å². The van der Waals surface area contributed by atoms with Crippen LogP contribution in [0.15, 0.2) is 90.4 Å². The maximum absolute atomic E-state index is 13.3. The number of anilines is 2. The van der Waals surface area contributed by atoms with Gasteiger partial charge in [0.1, 0.15) is 11.1 Å². The molecule has 6 aliphatic heterocycles. The topological polar surface area (TPSA) is 232 Å². The third-order valence-electron chi connectivity index (χ3n) is 17.1. The zero-order valence-corrected chi connectivity index (χ0v) is 49.9. The van der Waals surface area contributed by atoms with Crippen molar-refractivity contribution in [3.8, 4) is 0 Å². The van der Waals surface area contributed by atoms with Gasteiger partial charge in [0.05, 0.1) is 27.7 Å². The van der Waals surface area contributed by atoms with Crippen LogP contribution in [0, 0.1) is 38.5 Å². The number of piperidine rings is 2. The fraction of sp³-hybridized carbons (Fsp3) is 0.400. The number of hydrogen-bond donors (Lipinski definition) is 4. The summed E-state index contributed by atoms with van der Waals surface area (Å²) in [5.41, 5.74) is 0.779. The van der Waals surface area contributed by atoms with E-state index in [9.17, 15) is 71.9 Å². The molecule has 4 saturated heterocycles. The van der Waals surface area contributed by atoms with E-state index in [0.29, 0.717) is 33.8 Å². The Morgan fingerprint density at radius 1 is 0.523 bits per heavy atom. The molecule has 4 N–H and O–H groups in total. The smallest absolute Gasteiger partial charge is 0.325 e. The number of nitrogens with one attached hydrogen (secondary N) is 4. The van der Waals surface area contributed by atoms with E-state index in [4.69, 9.17) is 0 Å². The predicted octanol–water partition coefficient (Wildman–Crippen LogP) is 8.99. The van der Waals surface area contributed by atoms with Crippen molar-refractivity contribution < 1.29 is 71.9 Å². The second kappa shape index (κ2) is 22.2. The summed E-state index contributed by atoms with van der Waals surface area (Å²) in [5.74, 6) is -1.69. The van der Waals surface area contributed by atoms with Crippen LogP contribution in [0.1, 0.15) is 109 Å². The number of alkyl halides is 6. The van der Waals surface area contributed by atoms with Crippen LogP contribution in [-0.4, -0.2) is 104 Å². The molecular formula is C60H64F6N8O10S2. The average molecular weight is 1240 g/mol. The summed E-state index contributed by atoms with van der Waals surface area (Å²) >= 11 is 0. The standard InChI is InChI=1S/C30H33F3N4O5S.C30H31F3N4O5S/c2*1-18-14-22(37-27(40)35-25(38)28(37,3)4)15-19(2)23(18)8-13-43(41,42)36-11-9-29(10-12-36)17-24(34-26(29)39)20-6-5-7-21(16-20)30(31,32)33/h5-7,14-17H,8-13H2,1-4H3,(H,34,39)(H,35,38,40);5-8,13-17H,9-12H2,1-4H3,(H,34,39)(H,35,38,40)/b;13-8+. The Morgan fingerprint density at radius 3 is 1.28 bits per heavy atom. The van der Waals surface area contributed by atoms with E-state index in [1.165, 1.54) is 48.8 Å². The maximum Gasteiger partial charge on any atom is 0.416 e. The van der Waals surface area contributed by atoms with Crippen molar-refractivity contribution in [3.05, 3.63) is 146 Å². The summed E-state index contributed by atoms with van der Waals surface area (Å²) < 4.78 is 135. The molecule has 4 aromatic carbocycles. The molecule has 0 aromatic heterocycles. The highest BCUT2D eigenvalue weighted by Crippen LogP contribution is 2.44. The molecule has 0 aliphatic carbocycles. The van der Waals surface area contributed by atoms with E-state index in [2.05, 4.69) is 21.3 Å². The van der Waals surface area contributed by atoms with Crippen molar-refractivity contribution in [3.63, 3.8) is 0 Å². The summed E-state index contributed by atoms with van der Waals surface area (Å²) in [6.07, 6.45) is -3.30. The SMILES string of the molecule is Cc1cc(N2C(=O)NC(=O)C2(C)C)cc(C)c1/C=C/S(=O)(=O)N1CCC2(C=C(c3cccc(C(F)(F)F)c3)NC2=O)CC1.Cc1cc(N2C(=O)NC(=O)C2(C)C)cc(C)c1CCS(=O)(=O)N1CCC2(C=C(c3cccc(C(F)(F)F)c3)NC2=O)CC1. The number of nitrogens with zero attached hydrogens (tertiary/aromatic N) is 4. The van der Waals surface area contributed by atoms with Gasteiger partial charge in [0, 0.05) is 54.4 Å². The van der Waals surface area contributed by atoms with Crippen molar-refractivity contribution in [1.29, 1.82) is 0 Å². The van der Waals surface area contributed by atoms with Gasteiger partial charge in [-0.15, -0.1) is 0 Å². The lowest BCUT2D eigenvalue weighted by Crippen LogP contribution is -2.47. The first-order valence-electron chi connectivity index (χ1n) is 27.5. The zero-order valence-electron chi connectivity index (χ0n) is 48.3. The van der Waals surface area contributed by atoms with E-state index < -0.39 is 89.3 Å². The molecule has 6 aliphatic rings. The molecule has 18 nitrogen and oxygen atoms in total. The van der Waals surface area contributed by atoms with Crippen LogP contribution >= 0.6 is 0 Å². The van der Waals surface area contributed by atoms with Crippen LogP contribution in [0.3, 0.4) is 0 Å². The minimum atomic E-state index is -4.52. The summed E-state index contributed by atoms with van der Waals surface area (Å²) in [7, 11) is -7.56. The molecule has 0 bridgehead atoms. The second-order valence-corrected chi connectivity index (χ2v) is 27.5. The van der Waals surface area contributed by atoms with Gasteiger partial charge in [-0.2, -0.15) is 30.6 Å². The van der Waals surface area contributed by atoms with Crippen molar-refractivity contribution >= 4 is 84.6 Å². The molecule has 4 fully saturated rings. The average Bonchev–Trinajstić information content (AvgIpc) is 2.54. The Hall–Kier alpha value is -7.68. The van der Waals surface area contributed by atoms with Gasteiger partial charge in [-0.05, 0) is 199 Å². The molecule has 0 unspecified atom stereocenters. The molecule has 458 valence electrons. The monoisotopic (exact) mass is 1230 g/mol. The fourth-order valence-corrected chi connectivity index (χ4v) is 14.6. The number of hydrogen-bond acceptors (Lipinski definition) is 10. The van der Waals surface area contributed by atoms with Crippen LogP contribution in [0.4, 0.5) is 47.3 Å². The summed E-state index contributed by atoms with van der Waals surface area (Å²) in [6, 6.07) is 15.4. The number of amides is 8. The molecule has 0 saturated carbocycles. The number of rotatable bonds is 11. The largest absolute Gasteiger partial charge is 0.416 e. The molecule has 6 heterocycles. The third kappa shape index (κ3) is 12.0. The number of benzene rings is 4. The number of urea groups is 2.